The average Bonchev–Trinajstić information content (AvgIpc) is 2.79. The van der Waals surface area contributed by atoms with Crippen molar-refractivity contribution in [1.82, 2.24) is 14.5 Å². The van der Waals surface area contributed by atoms with Crippen molar-refractivity contribution in [2.45, 2.75) is 27.2 Å². The van der Waals surface area contributed by atoms with E-state index in [1.807, 2.05) is 12.1 Å². The molecule has 0 aromatic carbocycles. The maximum atomic E-state index is 7.17. The van der Waals surface area contributed by atoms with Crippen molar-refractivity contribution in [2.75, 3.05) is 0 Å². The third kappa shape index (κ3) is 3.98. The zero-order valence-electron chi connectivity index (χ0n) is 12.0. The van der Waals surface area contributed by atoms with Crippen LogP contribution in [0.15, 0.2) is 18.3 Å². The van der Waals surface area contributed by atoms with E-state index in [2.05, 4.69) is 46.8 Å². The van der Waals surface area contributed by atoms with Crippen LogP contribution in [-0.2, 0) is 26.5 Å². The molecule has 0 aliphatic carbocycles. The maximum absolute atomic E-state index is 7.17. The van der Waals surface area contributed by atoms with Gasteiger partial charge in [-0.25, -0.2) is 0 Å². The SMILES string of the molecule is [C-]#[N+]c1n[c-]n(-c2cc(CC(C)(C)C)ccn2)c1[N+]#[C-].[Ir]. The Morgan fingerprint density at radius 1 is 1.29 bits per heavy atom. The molecule has 2 heterocycles. The topological polar surface area (TPSA) is 39.4 Å². The molecule has 5 nitrogen and oxygen atoms in total. The van der Waals surface area contributed by atoms with Gasteiger partial charge in [0.25, 0.3) is 12.1 Å². The van der Waals surface area contributed by atoms with Gasteiger partial charge in [0.05, 0.1) is 0 Å². The minimum atomic E-state index is 0. The third-order valence-corrected chi connectivity index (χ3v) is 2.65. The van der Waals surface area contributed by atoms with Gasteiger partial charge >= 0.3 is 5.82 Å². The fraction of sp³-hybridized carbons (Fsp3) is 0.333. The molecule has 109 valence electrons. The van der Waals surface area contributed by atoms with E-state index in [-0.39, 0.29) is 37.2 Å². The van der Waals surface area contributed by atoms with E-state index < -0.39 is 0 Å². The first kappa shape index (κ1) is 17.0. The van der Waals surface area contributed by atoms with Crippen molar-refractivity contribution >= 4 is 11.6 Å². The molecule has 2 aromatic heterocycles. The van der Waals surface area contributed by atoms with Crippen LogP contribution in [0, 0.1) is 24.9 Å². The van der Waals surface area contributed by atoms with Crippen LogP contribution in [0.2, 0.25) is 0 Å². The number of pyridine rings is 1. The van der Waals surface area contributed by atoms with Gasteiger partial charge in [-0.1, -0.05) is 38.9 Å². The number of nitrogens with zero attached hydrogens (tertiary/aromatic N) is 5. The predicted molar refractivity (Wildman–Crippen MR) is 75.9 cm³/mol. The van der Waals surface area contributed by atoms with E-state index in [0.29, 0.717) is 5.82 Å². The van der Waals surface area contributed by atoms with Crippen molar-refractivity contribution in [3.63, 3.8) is 0 Å². The van der Waals surface area contributed by atoms with Crippen molar-refractivity contribution in [1.29, 1.82) is 0 Å². The summed E-state index contributed by atoms with van der Waals surface area (Å²) in [5, 5.41) is 0. The molecule has 1 radical (unpaired) electrons. The molecule has 21 heavy (non-hydrogen) atoms. The number of imidazole rings is 1. The molecule has 2 aromatic rings. The summed E-state index contributed by atoms with van der Waals surface area (Å²) in [6, 6.07) is 3.87. The summed E-state index contributed by atoms with van der Waals surface area (Å²) in [5.41, 5.74) is 1.30. The number of rotatable bonds is 2. The molecular weight excluding hydrogens is 442 g/mol. The Kier molecular flexibility index (Phi) is 5.38. The molecule has 0 N–H and O–H groups in total. The predicted octanol–water partition coefficient (Wildman–Crippen LogP) is 3.76. The molecule has 6 heteroatoms. The molecule has 0 saturated heterocycles. The van der Waals surface area contributed by atoms with E-state index in [4.69, 9.17) is 13.1 Å². The smallest absolute Gasteiger partial charge is 0.353 e. The normalized spacial score (nSPS) is 10.3. The zero-order valence-corrected chi connectivity index (χ0v) is 14.4. The molecule has 0 aliphatic rings. The van der Waals surface area contributed by atoms with Gasteiger partial charge in [0.2, 0.25) is 0 Å². The van der Waals surface area contributed by atoms with Crippen molar-refractivity contribution in [3.8, 4) is 5.82 Å². The van der Waals surface area contributed by atoms with Crippen LogP contribution in [0.5, 0.6) is 0 Å². The molecule has 0 spiro atoms. The van der Waals surface area contributed by atoms with E-state index in [9.17, 15) is 0 Å². The van der Waals surface area contributed by atoms with Gasteiger partial charge in [0.1, 0.15) is 5.82 Å². The number of hydrogen-bond acceptors (Lipinski definition) is 2. The van der Waals surface area contributed by atoms with E-state index >= 15 is 0 Å². The van der Waals surface area contributed by atoms with Crippen LogP contribution in [0.25, 0.3) is 15.5 Å². The minimum absolute atomic E-state index is 0. The molecule has 0 atom stereocenters. The molecule has 0 amide bonds. The van der Waals surface area contributed by atoms with Crippen LogP contribution in [0.4, 0.5) is 11.6 Å². The first-order valence-corrected chi connectivity index (χ1v) is 6.15. The third-order valence-electron chi connectivity index (χ3n) is 2.65. The van der Waals surface area contributed by atoms with E-state index in [0.717, 1.165) is 12.0 Å². The molecule has 0 bridgehead atoms. The quantitative estimate of drug-likeness (QED) is 0.646. The first-order chi connectivity index (χ1) is 9.44. The van der Waals surface area contributed by atoms with Gasteiger partial charge in [0.15, 0.2) is 0 Å². The second-order valence-corrected chi connectivity index (χ2v) is 5.68. The van der Waals surface area contributed by atoms with Crippen LogP contribution >= 0.6 is 0 Å². The van der Waals surface area contributed by atoms with Gasteiger partial charge in [-0.15, -0.1) is 0 Å². The fourth-order valence-corrected chi connectivity index (χ4v) is 1.93. The van der Waals surface area contributed by atoms with Crippen LogP contribution in [0.3, 0.4) is 0 Å². The van der Waals surface area contributed by atoms with Gasteiger partial charge < -0.3 is 9.69 Å². The summed E-state index contributed by atoms with van der Waals surface area (Å²) in [7, 11) is 0. The Morgan fingerprint density at radius 2 is 2.00 bits per heavy atom. The Hall–Kier alpha value is -2.01. The minimum Gasteiger partial charge on any atom is -0.365 e. The summed E-state index contributed by atoms with van der Waals surface area (Å²) < 4.78 is 1.44. The van der Waals surface area contributed by atoms with E-state index in [1.54, 1.807) is 6.20 Å². The Labute approximate surface area is 138 Å². The zero-order chi connectivity index (χ0) is 14.8. The standard InChI is InChI=1S/C15H14N5.Ir/c1-15(2,3)9-11-6-7-18-12(8-11)20-10-19-13(16-4)14(20)17-5;/h6-8H,9H2,1-3H3;/q-1;. The van der Waals surface area contributed by atoms with Gasteiger partial charge in [-0.3, -0.25) is 9.55 Å². The van der Waals surface area contributed by atoms with Crippen LogP contribution in [0.1, 0.15) is 26.3 Å². The summed E-state index contributed by atoms with van der Waals surface area (Å²) in [6.07, 6.45) is 5.27. The van der Waals surface area contributed by atoms with Crippen LogP contribution in [-0.4, -0.2) is 14.5 Å². The second-order valence-electron chi connectivity index (χ2n) is 5.68. The molecule has 0 fully saturated rings. The van der Waals surface area contributed by atoms with Gasteiger partial charge in [0, 0.05) is 26.3 Å². The molecular formula is C15H14IrN5-. The summed E-state index contributed by atoms with van der Waals surface area (Å²) in [4.78, 5) is 14.6. The maximum Gasteiger partial charge on any atom is 0.353 e. The molecule has 0 unspecified atom stereocenters. The molecule has 2 rings (SSSR count). The second kappa shape index (κ2) is 6.63. The average molecular weight is 457 g/mol. The Bertz CT molecular complexity index is 713. The summed E-state index contributed by atoms with van der Waals surface area (Å²) >= 11 is 0. The Morgan fingerprint density at radius 3 is 2.57 bits per heavy atom. The van der Waals surface area contributed by atoms with Crippen molar-refractivity contribution in [2.24, 2.45) is 5.41 Å². The first-order valence-electron chi connectivity index (χ1n) is 6.15. The van der Waals surface area contributed by atoms with Crippen LogP contribution < -0.4 is 0 Å². The fourth-order valence-electron chi connectivity index (χ4n) is 1.93. The van der Waals surface area contributed by atoms with Crippen molar-refractivity contribution in [3.05, 3.63) is 53.1 Å². The van der Waals surface area contributed by atoms with Gasteiger partial charge in [-0.2, -0.15) is 0 Å². The molecule has 0 saturated carbocycles. The largest absolute Gasteiger partial charge is 0.365 e. The molecule has 0 aliphatic heterocycles. The summed E-state index contributed by atoms with van der Waals surface area (Å²) in [6.45, 7) is 20.6. The number of hydrogen-bond donors (Lipinski definition) is 0. The van der Waals surface area contributed by atoms with Crippen molar-refractivity contribution < 1.29 is 20.1 Å². The van der Waals surface area contributed by atoms with Gasteiger partial charge in [-0.05, 0) is 29.5 Å². The summed E-state index contributed by atoms with van der Waals surface area (Å²) in [5.74, 6) is 0.781. The monoisotopic (exact) mass is 457 g/mol. The number of aromatic nitrogens is 3. The Balaban J connectivity index is 0.00000220. The van der Waals surface area contributed by atoms with E-state index in [1.165, 1.54) is 4.57 Å².